The van der Waals surface area contributed by atoms with Crippen molar-refractivity contribution in [1.82, 2.24) is 10.6 Å². The molecular formula is C9H16N2O. The summed E-state index contributed by atoms with van der Waals surface area (Å²) in [4.78, 5) is 11.3. The van der Waals surface area contributed by atoms with Crippen LogP contribution in [-0.2, 0) is 4.79 Å². The molecule has 1 aliphatic rings. The highest BCUT2D eigenvalue weighted by molar-refractivity contribution is 5.92. The first-order valence-electron chi connectivity index (χ1n) is 4.38. The number of amides is 1. The predicted octanol–water partition coefficient (Wildman–Crippen LogP) is 0.431. The van der Waals surface area contributed by atoms with Gasteiger partial charge in [0, 0.05) is 18.2 Å². The third-order valence-corrected chi connectivity index (χ3v) is 2.19. The number of hydrogen-bond donors (Lipinski definition) is 2. The van der Waals surface area contributed by atoms with Crippen LogP contribution in [0.3, 0.4) is 0 Å². The maximum atomic E-state index is 11.3. The molecule has 0 saturated carbocycles. The van der Waals surface area contributed by atoms with E-state index in [1.807, 2.05) is 19.9 Å². The van der Waals surface area contributed by atoms with Crippen LogP contribution in [0.1, 0.15) is 20.3 Å². The van der Waals surface area contributed by atoms with Gasteiger partial charge in [0.2, 0.25) is 5.91 Å². The molecule has 1 aliphatic heterocycles. The summed E-state index contributed by atoms with van der Waals surface area (Å²) in [7, 11) is 0. The number of nitrogens with one attached hydrogen (secondary N) is 2. The molecule has 0 bridgehead atoms. The highest BCUT2D eigenvalue weighted by Gasteiger charge is 2.16. The molecule has 0 radical (unpaired) electrons. The lowest BCUT2D eigenvalue weighted by molar-refractivity contribution is -0.118. The summed E-state index contributed by atoms with van der Waals surface area (Å²) in [6, 6.07) is 0.326. The van der Waals surface area contributed by atoms with Gasteiger partial charge in [-0.3, -0.25) is 4.79 Å². The lowest BCUT2D eigenvalue weighted by Gasteiger charge is -2.10. The molecule has 3 nitrogen and oxygen atoms in total. The van der Waals surface area contributed by atoms with E-state index in [-0.39, 0.29) is 5.91 Å². The third kappa shape index (κ3) is 2.34. The van der Waals surface area contributed by atoms with Crippen molar-refractivity contribution in [2.75, 3.05) is 13.1 Å². The lowest BCUT2D eigenvalue weighted by atomic mass is 10.2. The highest BCUT2D eigenvalue weighted by Crippen LogP contribution is 1.99. The van der Waals surface area contributed by atoms with E-state index in [1.165, 1.54) is 0 Å². The molecule has 1 saturated heterocycles. The van der Waals surface area contributed by atoms with Crippen molar-refractivity contribution < 1.29 is 4.79 Å². The standard InChI is InChI=1S/C9H16N2O/c1-3-7(2)9(12)11-8-4-5-10-6-8/h3,8,10H,4-6H2,1-2H3,(H,11,12). The van der Waals surface area contributed by atoms with Gasteiger partial charge in [0.25, 0.3) is 0 Å². The molecule has 0 aromatic carbocycles. The van der Waals surface area contributed by atoms with Crippen molar-refractivity contribution in [2.24, 2.45) is 0 Å². The summed E-state index contributed by atoms with van der Waals surface area (Å²) >= 11 is 0. The van der Waals surface area contributed by atoms with Crippen molar-refractivity contribution in [3.8, 4) is 0 Å². The molecule has 0 aromatic heterocycles. The van der Waals surface area contributed by atoms with Crippen LogP contribution in [0.2, 0.25) is 0 Å². The van der Waals surface area contributed by atoms with Gasteiger partial charge in [0.05, 0.1) is 0 Å². The second-order valence-corrected chi connectivity index (χ2v) is 3.13. The van der Waals surface area contributed by atoms with Crippen LogP contribution in [0.15, 0.2) is 11.6 Å². The molecule has 12 heavy (non-hydrogen) atoms. The average Bonchev–Trinajstić information content (AvgIpc) is 2.55. The molecule has 1 unspecified atom stereocenters. The first-order chi connectivity index (χ1) is 5.74. The van der Waals surface area contributed by atoms with Gasteiger partial charge in [0.15, 0.2) is 0 Å². The van der Waals surface area contributed by atoms with E-state index in [0.29, 0.717) is 6.04 Å². The van der Waals surface area contributed by atoms with E-state index in [9.17, 15) is 4.79 Å². The fourth-order valence-electron chi connectivity index (χ4n) is 1.21. The van der Waals surface area contributed by atoms with Gasteiger partial charge in [-0.15, -0.1) is 0 Å². The van der Waals surface area contributed by atoms with Gasteiger partial charge in [-0.05, 0) is 26.8 Å². The van der Waals surface area contributed by atoms with E-state index in [2.05, 4.69) is 10.6 Å². The van der Waals surface area contributed by atoms with E-state index in [1.54, 1.807) is 0 Å². The van der Waals surface area contributed by atoms with Crippen LogP contribution < -0.4 is 10.6 Å². The van der Waals surface area contributed by atoms with Crippen molar-refractivity contribution in [1.29, 1.82) is 0 Å². The minimum absolute atomic E-state index is 0.0613. The van der Waals surface area contributed by atoms with Crippen molar-refractivity contribution in [3.63, 3.8) is 0 Å². The minimum Gasteiger partial charge on any atom is -0.348 e. The summed E-state index contributed by atoms with van der Waals surface area (Å²) in [5.74, 6) is 0.0613. The highest BCUT2D eigenvalue weighted by atomic mass is 16.1. The Hall–Kier alpha value is -0.830. The van der Waals surface area contributed by atoms with Crippen LogP contribution in [0.25, 0.3) is 0 Å². The Morgan fingerprint density at radius 1 is 1.67 bits per heavy atom. The number of carbonyl (C=O) groups excluding carboxylic acids is 1. The molecule has 0 spiro atoms. The summed E-state index contributed by atoms with van der Waals surface area (Å²) in [5, 5.41) is 6.16. The van der Waals surface area contributed by atoms with Gasteiger partial charge in [0.1, 0.15) is 0 Å². The molecular weight excluding hydrogens is 152 g/mol. The van der Waals surface area contributed by atoms with Gasteiger partial charge >= 0.3 is 0 Å². The van der Waals surface area contributed by atoms with Crippen LogP contribution in [-0.4, -0.2) is 25.0 Å². The van der Waals surface area contributed by atoms with E-state index >= 15 is 0 Å². The Kier molecular flexibility index (Phi) is 3.29. The topological polar surface area (TPSA) is 41.1 Å². The average molecular weight is 168 g/mol. The molecule has 3 heteroatoms. The second kappa shape index (κ2) is 4.26. The lowest BCUT2D eigenvalue weighted by Crippen LogP contribution is -2.36. The Labute approximate surface area is 73.2 Å². The summed E-state index contributed by atoms with van der Waals surface area (Å²) in [6.45, 7) is 5.63. The van der Waals surface area contributed by atoms with Crippen molar-refractivity contribution in [3.05, 3.63) is 11.6 Å². The predicted molar refractivity (Wildman–Crippen MR) is 48.8 cm³/mol. The van der Waals surface area contributed by atoms with Gasteiger partial charge in [-0.2, -0.15) is 0 Å². The summed E-state index contributed by atoms with van der Waals surface area (Å²) in [5.41, 5.74) is 0.793. The van der Waals surface area contributed by atoms with Gasteiger partial charge in [-0.25, -0.2) is 0 Å². The molecule has 0 aliphatic carbocycles. The summed E-state index contributed by atoms with van der Waals surface area (Å²) < 4.78 is 0. The Morgan fingerprint density at radius 2 is 2.42 bits per heavy atom. The first-order valence-corrected chi connectivity index (χ1v) is 4.38. The van der Waals surface area contributed by atoms with E-state index in [4.69, 9.17) is 0 Å². The number of hydrogen-bond acceptors (Lipinski definition) is 2. The zero-order chi connectivity index (χ0) is 8.97. The van der Waals surface area contributed by atoms with Gasteiger partial charge in [-0.1, -0.05) is 6.08 Å². The Morgan fingerprint density at radius 3 is 2.92 bits per heavy atom. The largest absolute Gasteiger partial charge is 0.348 e. The molecule has 0 aromatic rings. The number of carbonyl (C=O) groups is 1. The van der Waals surface area contributed by atoms with Crippen molar-refractivity contribution in [2.45, 2.75) is 26.3 Å². The van der Waals surface area contributed by atoms with E-state index < -0.39 is 0 Å². The molecule has 2 N–H and O–H groups in total. The van der Waals surface area contributed by atoms with Crippen LogP contribution in [0.4, 0.5) is 0 Å². The second-order valence-electron chi connectivity index (χ2n) is 3.13. The van der Waals surface area contributed by atoms with Crippen molar-refractivity contribution >= 4 is 5.91 Å². The SMILES string of the molecule is CC=C(C)C(=O)NC1CCNC1. The Balaban J connectivity index is 2.35. The fourth-order valence-corrected chi connectivity index (χ4v) is 1.21. The van der Waals surface area contributed by atoms with Crippen LogP contribution >= 0.6 is 0 Å². The number of rotatable bonds is 2. The minimum atomic E-state index is 0.0613. The summed E-state index contributed by atoms with van der Waals surface area (Å²) in [6.07, 6.45) is 2.88. The smallest absolute Gasteiger partial charge is 0.246 e. The fraction of sp³-hybridized carbons (Fsp3) is 0.667. The molecule has 1 amide bonds. The number of allylic oxidation sites excluding steroid dienone is 1. The van der Waals surface area contributed by atoms with E-state index in [0.717, 1.165) is 25.1 Å². The first kappa shape index (κ1) is 9.26. The van der Waals surface area contributed by atoms with Crippen LogP contribution in [0.5, 0.6) is 0 Å². The molecule has 1 fully saturated rings. The maximum Gasteiger partial charge on any atom is 0.246 e. The molecule has 68 valence electrons. The Bertz CT molecular complexity index is 193. The molecule has 1 heterocycles. The molecule has 1 rings (SSSR count). The third-order valence-electron chi connectivity index (χ3n) is 2.19. The van der Waals surface area contributed by atoms with Crippen LogP contribution in [0, 0.1) is 0 Å². The zero-order valence-electron chi connectivity index (χ0n) is 7.68. The van der Waals surface area contributed by atoms with Gasteiger partial charge < -0.3 is 10.6 Å². The quantitative estimate of drug-likeness (QED) is 0.587. The monoisotopic (exact) mass is 168 g/mol. The molecule has 1 atom stereocenters. The normalized spacial score (nSPS) is 24.2. The maximum absolute atomic E-state index is 11.3. The zero-order valence-corrected chi connectivity index (χ0v) is 7.68.